The van der Waals surface area contributed by atoms with Gasteiger partial charge in [0.2, 0.25) is 0 Å². The van der Waals surface area contributed by atoms with Gasteiger partial charge < -0.3 is 9.84 Å². The molecule has 1 rings (SSSR count). The predicted molar refractivity (Wildman–Crippen MR) is 67.4 cm³/mol. The lowest BCUT2D eigenvalue weighted by atomic mass is 9.94. The number of nitrogens with zero attached hydrogens (tertiary/aromatic N) is 2. The number of amides is 1. The minimum absolute atomic E-state index is 0.128. The molecule has 0 aromatic heterocycles. The van der Waals surface area contributed by atoms with Gasteiger partial charge in [0.05, 0.1) is 12.5 Å². The number of ether oxygens (including phenoxy) is 1. The summed E-state index contributed by atoms with van der Waals surface area (Å²) in [5.41, 5.74) is -0.686. The van der Waals surface area contributed by atoms with Crippen LogP contribution in [-0.4, -0.2) is 39.8 Å². The maximum Gasteiger partial charge on any atom is 0.411 e. The minimum Gasteiger partial charge on any atom is -0.480 e. The van der Waals surface area contributed by atoms with Gasteiger partial charge in [-0.1, -0.05) is 0 Å². The minimum atomic E-state index is -1.05. The van der Waals surface area contributed by atoms with Crippen LogP contribution in [0.3, 0.4) is 0 Å². The van der Waals surface area contributed by atoms with E-state index in [4.69, 9.17) is 10.00 Å². The molecule has 1 aliphatic heterocycles. The van der Waals surface area contributed by atoms with Gasteiger partial charge in [0.25, 0.3) is 0 Å². The summed E-state index contributed by atoms with van der Waals surface area (Å²) in [4.78, 5) is 24.6. The fourth-order valence-electron chi connectivity index (χ4n) is 2.22. The highest BCUT2D eigenvalue weighted by Gasteiger charge is 2.40. The number of nitriles is 1. The zero-order chi connectivity index (χ0) is 14.6. The van der Waals surface area contributed by atoms with Crippen LogP contribution in [0, 0.1) is 11.3 Å². The number of carboxylic acids is 1. The van der Waals surface area contributed by atoms with Crippen molar-refractivity contribution in [2.45, 2.75) is 64.1 Å². The second-order valence-corrected chi connectivity index (χ2v) is 5.69. The van der Waals surface area contributed by atoms with Crippen molar-refractivity contribution >= 4 is 12.1 Å². The van der Waals surface area contributed by atoms with Crippen molar-refractivity contribution in [3.63, 3.8) is 0 Å². The molecule has 6 heteroatoms. The van der Waals surface area contributed by atoms with Gasteiger partial charge in [-0.25, -0.2) is 9.59 Å². The van der Waals surface area contributed by atoms with Crippen molar-refractivity contribution in [1.82, 2.24) is 4.90 Å². The number of hydrogen-bond acceptors (Lipinski definition) is 4. The summed E-state index contributed by atoms with van der Waals surface area (Å²) < 4.78 is 5.25. The van der Waals surface area contributed by atoms with Crippen LogP contribution in [-0.2, 0) is 9.53 Å². The Morgan fingerprint density at radius 3 is 2.53 bits per heavy atom. The zero-order valence-electron chi connectivity index (χ0n) is 11.5. The van der Waals surface area contributed by atoms with Crippen molar-refractivity contribution in [3.8, 4) is 6.07 Å². The number of carboxylic acid groups (broad SMARTS) is 1. The topological polar surface area (TPSA) is 90.6 Å². The Bertz CT molecular complexity index is 394. The molecule has 0 radical (unpaired) electrons. The highest BCUT2D eigenvalue weighted by molar-refractivity contribution is 5.80. The van der Waals surface area contributed by atoms with Crippen LogP contribution in [0.15, 0.2) is 0 Å². The van der Waals surface area contributed by atoms with Crippen molar-refractivity contribution < 1.29 is 19.4 Å². The van der Waals surface area contributed by atoms with E-state index in [2.05, 4.69) is 0 Å². The zero-order valence-corrected chi connectivity index (χ0v) is 11.5. The lowest BCUT2D eigenvalue weighted by molar-refractivity contribution is -0.145. The van der Waals surface area contributed by atoms with E-state index in [1.807, 2.05) is 6.07 Å². The average Bonchev–Trinajstić information content (AvgIpc) is 2.26. The predicted octanol–water partition coefficient (Wildman–Crippen LogP) is 2.14. The fourth-order valence-corrected chi connectivity index (χ4v) is 2.22. The number of carbonyl (C=O) groups is 2. The summed E-state index contributed by atoms with van der Waals surface area (Å²) in [6.07, 6.45) is 1.21. The van der Waals surface area contributed by atoms with Gasteiger partial charge in [0.1, 0.15) is 11.6 Å². The molecule has 1 saturated heterocycles. The highest BCUT2D eigenvalue weighted by atomic mass is 16.6. The largest absolute Gasteiger partial charge is 0.480 e. The molecule has 0 spiro atoms. The summed E-state index contributed by atoms with van der Waals surface area (Å²) in [6, 6.07) is 0.721. The molecule has 1 heterocycles. The molecule has 0 bridgehead atoms. The standard InChI is InChI=1S/C13H20N2O4/c1-13(2,3)19-12(18)15-9(7-8-14)5-4-6-10(15)11(16)17/h9-10H,4-7H2,1-3H3,(H,16,17)/t9-,10+/m1/s1. The van der Waals surface area contributed by atoms with E-state index in [-0.39, 0.29) is 12.5 Å². The second-order valence-electron chi connectivity index (χ2n) is 5.69. The number of rotatable bonds is 2. The first kappa shape index (κ1) is 15.3. The number of aliphatic carboxylic acids is 1. The van der Waals surface area contributed by atoms with E-state index in [1.165, 1.54) is 4.90 Å². The molecule has 2 atom stereocenters. The van der Waals surface area contributed by atoms with Crippen molar-refractivity contribution in [2.24, 2.45) is 0 Å². The normalized spacial score (nSPS) is 23.6. The fraction of sp³-hybridized carbons (Fsp3) is 0.769. The number of carbonyl (C=O) groups excluding carboxylic acids is 1. The lowest BCUT2D eigenvalue weighted by Gasteiger charge is -2.39. The Morgan fingerprint density at radius 1 is 1.42 bits per heavy atom. The van der Waals surface area contributed by atoms with Gasteiger partial charge >= 0.3 is 12.1 Å². The Hall–Kier alpha value is -1.77. The SMILES string of the molecule is CC(C)(C)OC(=O)N1[C@@H](CC#N)CCC[C@H]1C(=O)O. The molecule has 1 N–H and O–H groups in total. The van der Waals surface area contributed by atoms with Gasteiger partial charge in [0.15, 0.2) is 0 Å². The molecule has 0 aromatic carbocycles. The number of likely N-dealkylation sites (tertiary alicyclic amines) is 1. The maximum atomic E-state index is 12.1. The van der Waals surface area contributed by atoms with Gasteiger partial charge in [-0.15, -0.1) is 0 Å². The Labute approximate surface area is 112 Å². The second kappa shape index (κ2) is 5.91. The molecule has 1 aliphatic rings. The monoisotopic (exact) mass is 268 g/mol. The average molecular weight is 268 g/mol. The van der Waals surface area contributed by atoms with E-state index in [0.717, 1.165) is 0 Å². The van der Waals surface area contributed by atoms with Crippen LogP contribution in [0.5, 0.6) is 0 Å². The maximum absolute atomic E-state index is 12.1. The third-order valence-corrected chi connectivity index (χ3v) is 2.96. The van der Waals surface area contributed by atoms with Crippen molar-refractivity contribution in [3.05, 3.63) is 0 Å². The van der Waals surface area contributed by atoms with E-state index in [9.17, 15) is 14.7 Å². The van der Waals surface area contributed by atoms with Crippen LogP contribution >= 0.6 is 0 Å². The molecule has 0 saturated carbocycles. The van der Waals surface area contributed by atoms with Gasteiger partial charge in [-0.2, -0.15) is 5.26 Å². The lowest BCUT2D eigenvalue weighted by Crippen LogP contribution is -2.54. The third kappa shape index (κ3) is 4.12. The summed E-state index contributed by atoms with van der Waals surface area (Å²) >= 11 is 0. The van der Waals surface area contributed by atoms with Crippen LogP contribution < -0.4 is 0 Å². The van der Waals surface area contributed by atoms with E-state index in [0.29, 0.717) is 19.3 Å². The first-order valence-corrected chi connectivity index (χ1v) is 6.37. The molecule has 6 nitrogen and oxygen atoms in total. The van der Waals surface area contributed by atoms with Crippen molar-refractivity contribution in [1.29, 1.82) is 5.26 Å². The summed E-state index contributed by atoms with van der Waals surface area (Å²) in [5, 5.41) is 18.0. The summed E-state index contributed by atoms with van der Waals surface area (Å²) in [5.74, 6) is -1.05. The molecule has 0 aliphatic carbocycles. The van der Waals surface area contributed by atoms with Crippen LogP contribution in [0.4, 0.5) is 4.79 Å². The molecule has 0 aromatic rings. The van der Waals surface area contributed by atoms with Crippen LogP contribution in [0.2, 0.25) is 0 Å². The molecular formula is C13H20N2O4. The molecule has 106 valence electrons. The molecule has 0 unspecified atom stereocenters. The van der Waals surface area contributed by atoms with Crippen LogP contribution in [0.25, 0.3) is 0 Å². The molecule has 1 fully saturated rings. The number of piperidine rings is 1. The Balaban J connectivity index is 2.93. The Morgan fingerprint density at radius 2 is 2.05 bits per heavy atom. The summed E-state index contributed by atoms with van der Waals surface area (Å²) in [6.45, 7) is 5.18. The van der Waals surface area contributed by atoms with Crippen LogP contribution in [0.1, 0.15) is 46.5 Å². The molecule has 19 heavy (non-hydrogen) atoms. The summed E-state index contributed by atoms with van der Waals surface area (Å²) in [7, 11) is 0. The highest BCUT2D eigenvalue weighted by Crippen LogP contribution is 2.27. The van der Waals surface area contributed by atoms with E-state index < -0.39 is 23.7 Å². The third-order valence-electron chi connectivity index (χ3n) is 2.96. The first-order chi connectivity index (χ1) is 8.76. The smallest absolute Gasteiger partial charge is 0.411 e. The quantitative estimate of drug-likeness (QED) is 0.828. The van der Waals surface area contributed by atoms with Gasteiger partial charge in [-0.3, -0.25) is 4.90 Å². The van der Waals surface area contributed by atoms with E-state index >= 15 is 0 Å². The van der Waals surface area contributed by atoms with Crippen molar-refractivity contribution in [2.75, 3.05) is 0 Å². The van der Waals surface area contributed by atoms with E-state index in [1.54, 1.807) is 20.8 Å². The molecular weight excluding hydrogens is 248 g/mol. The van der Waals surface area contributed by atoms with Gasteiger partial charge in [-0.05, 0) is 40.0 Å². The molecule has 1 amide bonds. The van der Waals surface area contributed by atoms with Gasteiger partial charge in [0, 0.05) is 6.04 Å². The Kier molecular flexibility index (Phi) is 4.76. The number of hydrogen-bond donors (Lipinski definition) is 1. The first-order valence-electron chi connectivity index (χ1n) is 6.37.